The fraction of sp³-hybridized carbons (Fsp3) is 0.636. The Morgan fingerprint density at radius 2 is 2.03 bits per heavy atom. The summed E-state index contributed by atoms with van der Waals surface area (Å²) in [5.41, 5.74) is 1.29. The van der Waals surface area contributed by atoms with Crippen molar-refractivity contribution in [3.05, 3.63) is 34.9 Å². The molecule has 160 valence electrons. The maximum atomic E-state index is 12.7. The number of carbonyl (C=O) groups is 1. The van der Waals surface area contributed by atoms with E-state index in [-0.39, 0.29) is 35.9 Å². The second kappa shape index (κ2) is 10.3. The summed E-state index contributed by atoms with van der Waals surface area (Å²) in [6.07, 6.45) is 6.65. The van der Waals surface area contributed by atoms with E-state index in [1.807, 2.05) is 12.1 Å². The first kappa shape index (κ1) is 22.7. The number of aliphatic imine (C=N–C) groups is 1. The van der Waals surface area contributed by atoms with Crippen LogP contribution in [0.3, 0.4) is 0 Å². The lowest BCUT2D eigenvalue weighted by molar-refractivity contribution is -0.134. The van der Waals surface area contributed by atoms with Gasteiger partial charge < -0.3 is 15.5 Å². The Kier molecular flexibility index (Phi) is 8.07. The smallest absolute Gasteiger partial charge is 0.225 e. The fourth-order valence-electron chi connectivity index (χ4n) is 4.63. The van der Waals surface area contributed by atoms with Crippen LogP contribution in [0.4, 0.5) is 0 Å². The molecule has 0 spiro atoms. The van der Waals surface area contributed by atoms with Gasteiger partial charge in [-0.1, -0.05) is 36.6 Å². The van der Waals surface area contributed by atoms with Crippen LogP contribution in [0.2, 0.25) is 5.02 Å². The predicted molar refractivity (Wildman–Crippen MR) is 129 cm³/mol. The van der Waals surface area contributed by atoms with E-state index in [2.05, 4.69) is 39.6 Å². The molecule has 2 aliphatic carbocycles. The molecule has 1 amide bonds. The van der Waals surface area contributed by atoms with Crippen molar-refractivity contribution >= 4 is 47.4 Å². The number of likely N-dealkylation sites (tertiary alicyclic amines) is 1. The Labute approximate surface area is 196 Å². The van der Waals surface area contributed by atoms with E-state index in [0.717, 1.165) is 56.3 Å². The number of guanidine groups is 1. The maximum absolute atomic E-state index is 12.7. The van der Waals surface area contributed by atoms with Crippen LogP contribution >= 0.6 is 35.6 Å². The van der Waals surface area contributed by atoms with Gasteiger partial charge in [0.2, 0.25) is 5.91 Å². The summed E-state index contributed by atoms with van der Waals surface area (Å²) in [7, 11) is 0. The molecular weight excluding hydrogens is 499 g/mol. The molecule has 0 aromatic heterocycles. The molecule has 3 atom stereocenters. The predicted octanol–water partition coefficient (Wildman–Crippen LogP) is 4.16. The molecule has 29 heavy (non-hydrogen) atoms. The molecule has 3 fully saturated rings. The Balaban J connectivity index is 0.00000240. The third-order valence-electron chi connectivity index (χ3n) is 6.25. The summed E-state index contributed by atoms with van der Waals surface area (Å²) in [5.74, 6) is 2.00. The molecule has 1 aromatic rings. The van der Waals surface area contributed by atoms with Gasteiger partial charge in [0, 0.05) is 48.6 Å². The van der Waals surface area contributed by atoms with Crippen molar-refractivity contribution in [3.8, 4) is 0 Å². The highest BCUT2D eigenvalue weighted by Gasteiger charge is 2.39. The van der Waals surface area contributed by atoms with Crippen molar-refractivity contribution in [3.63, 3.8) is 0 Å². The quantitative estimate of drug-likeness (QED) is 0.341. The number of carbonyl (C=O) groups excluding carboxylic acids is 1. The molecule has 0 bridgehead atoms. The van der Waals surface area contributed by atoms with Crippen molar-refractivity contribution in [2.75, 3.05) is 19.6 Å². The van der Waals surface area contributed by atoms with E-state index in [0.29, 0.717) is 17.9 Å². The van der Waals surface area contributed by atoms with E-state index in [9.17, 15) is 4.79 Å². The molecular formula is C22H32ClIN4O. The van der Waals surface area contributed by atoms with E-state index < -0.39 is 0 Å². The summed E-state index contributed by atoms with van der Waals surface area (Å²) in [6, 6.07) is 8.81. The van der Waals surface area contributed by atoms with Crippen LogP contribution in [-0.4, -0.2) is 48.5 Å². The number of nitrogens with one attached hydrogen (secondary N) is 2. The molecule has 2 N–H and O–H groups in total. The van der Waals surface area contributed by atoms with E-state index >= 15 is 0 Å². The van der Waals surface area contributed by atoms with Gasteiger partial charge in [0.15, 0.2) is 5.96 Å². The van der Waals surface area contributed by atoms with Crippen molar-refractivity contribution in [2.45, 2.75) is 63.5 Å². The van der Waals surface area contributed by atoms with Crippen molar-refractivity contribution in [1.29, 1.82) is 0 Å². The van der Waals surface area contributed by atoms with E-state index in [4.69, 9.17) is 11.6 Å². The number of amides is 1. The average molecular weight is 531 g/mol. The SMILES string of the molecule is CCN=C(NC1CCN(C(=O)C2CCCC2)C1)NC1CC1c1cccc(Cl)c1.I. The summed E-state index contributed by atoms with van der Waals surface area (Å²) in [6.45, 7) is 4.44. The van der Waals surface area contributed by atoms with Crippen molar-refractivity contribution in [2.24, 2.45) is 10.9 Å². The normalized spacial score (nSPS) is 26.9. The van der Waals surface area contributed by atoms with Crippen LogP contribution in [0, 0.1) is 5.92 Å². The van der Waals surface area contributed by atoms with Gasteiger partial charge in [0.1, 0.15) is 0 Å². The van der Waals surface area contributed by atoms with Gasteiger partial charge in [-0.15, -0.1) is 24.0 Å². The second-order valence-electron chi connectivity index (χ2n) is 8.37. The molecule has 1 heterocycles. The van der Waals surface area contributed by atoms with Crippen molar-refractivity contribution in [1.82, 2.24) is 15.5 Å². The van der Waals surface area contributed by atoms with Crippen LogP contribution in [-0.2, 0) is 4.79 Å². The topological polar surface area (TPSA) is 56.7 Å². The van der Waals surface area contributed by atoms with Gasteiger partial charge in [-0.3, -0.25) is 9.79 Å². The summed E-state index contributed by atoms with van der Waals surface area (Å²) in [5, 5.41) is 7.94. The molecule has 3 aliphatic rings. The van der Waals surface area contributed by atoms with Gasteiger partial charge in [0.05, 0.1) is 0 Å². The molecule has 5 nitrogen and oxygen atoms in total. The highest BCUT2D eigenvalue weighted by Crippen LogP contribution is 2.41. The monoisotopic (exact) mass is 530 g/mol. The van der Waals surface area contributed by atoms with Gasteiger partial charge in [-0.2, -0.15) is 0 Å². The van der Waals surface area contributed by atoms with Crippen LogP contribution in [0.5, 0.6) is 0 Å². The number of halogens is 2. The number of hydrogen-bond donors (Lipinski definition) is 2. The Morgan fingerprint density at radius 1 is 1.24 bits per heavy atom. The lowest BCUT2D eigenvalue weighted by atomic mass is 10.1. The highest BCUT2D eigenvalue weighted by molar-refractivity contribution is 14.0. The van der Waals surface area contributed by atoms with Crippen LogP contribution in [0.1, 0.15) is 56.9 Å². The molecule has 3 unspecified atom stereocenters. The Morgan fingerprint density at radius 3 is 2.76 bits per heavy atom. The lowest BCUT2D eigenvalue weighted by Gasteiger charge is -2.21. The first-order valence-corrected chi connectivity index (χ1v) is 11.1. The molecule has 1 aromatic carbocycles. The largest absolute Gasteiger partial charge is 0.353 e. The average Bonchev–Trinajstić information content (AvgIpc) is 3.08. The molecule has 4 rings (SSSR count). The number of hydrogen-bond acceptors (Lipinski definition) is 2. The van der Waals surface area contributed by atoms with E-state index in [1.54, 1.807) is 0 Å². The van der Waals surface area contributed by atoms with Crippen LogP contribution in [0.25, 0.3) is 0 Å². The van der Waals surface area contributed by atoms with Crippen LogP contribution in [0.15, 0.2) is 29.3 Å². The zero-order chi connectivity index (χ0) is 19.5. The molecule has 0 radical (unpaired) electrons. The maximum Gasteiger partial charge on any atom is 0.225 e. The molecule has 1 aliphatic heterocycles. The van der Waals surface area contributed by atoms with Gasteiger partial charge in [0.25, 0.3) is 0 Å². The van der Waals surface area contributed by atoms with E-state index in [1.165, 1.54) is 18.4 Å². The molecule has 1 saturated heterocycles. The minimum Gasteiger partial charge on any atom is -0.353 e. The summed E-state index contributed by atoms with van der Waals surface area (Å²) < 4.78 is 0. The first-order chi connectivity index (χ1) is 13.6. The number of benzene rings is 1. The second-order valence-corrected chi connectivity index (χ2v) is 8.80. The Bertz CT molecular complexity index is 737. The zero-order valence-electron chi connectivity index (χ0n) is 17.1. The molecule has 2 saturated carbocycles. The zero-order valence-corrected chi connectivity index (χ0v) is 20.2. The summed E-state index contributed by atoms with van der Waals surface area (Å²) >= 11 is 6.13. The fourth-order valence-corrected chi connectivity index (χ4v) is 4.83. The minimum absolute atomic E-state index is 0. The van der Waals surface area contributed by atoms with Gasteiger partial charge in [-0.25, -0.2) is 0 Å². The van der Waals surface area contributed by atoms with Crippen LogP contribution < -0.4 is 10.6 Å². The summed E-state index contributed by atoms with van der Waals surface area (Å²) in [4.78, 5) is 19.3. The third kappa shape index (κ3) is 5.78. The third-order valence-corrected chi connectivity index (χ3v) is 6.49. The highest BCUT2D eigenvalue weighted by atomic mass is 127. The Hall–Kier alpha value is -1.02. The lowest BCUT2D eigenvalue weighted by Crippen LogP contribution is -2.46. The standard InChI is InChI=1S/C22H31ClN4O.HI/c1-2-24-22(26-20-13-19(20)16-8-5-9-17(23)12-16)25-18-10-11-27(14-18)21(28)15-6-3-4-7-15;/h5,8-9,12,15,18-20H,2-4,6-7,10-11,13-14H2,1H3,(H2,24,25,26);1H. The van der Waals surface area contributed by atoms with Gasteiger partial charge >= 0.3 is 0 Å². The first-order valence-electron chi connectivity index (χ1n) is 10.8. The molecule has 7 heteroatoms. The van der Waals surface area contributed by atoms with Gasteiger partial charge in [-0.05, 0) is 50.3 Å². The number of rotatable bonds is 5. The number of nitrogens with zero attached hydrogens (tertiary/aromatic N) is 2. The van der Waals surface area contributed by atoms with Crippen molar-refractivity contribution < 1.29 is 4.79 Å². The minimum atomic E-state index is 0.